The second kappa shape index (κ2) is 8.74. The fourth-order valence-electron chi connectivity index (χ4n) is 3.61. The summed E-state index contributed by atoms with van der Waals surface area (Å²) in [7, 11) is 1.57. The normalized spacial score (nSPS) is 16.6. The van der Waals surface area contributed by atoms with Crippen molar-refractivity contribution >= 4 is 11.7 Å². The Kier molecular flexibility index (Phi) is 6.14. The first-order valence-electron chi connectivity index (χ1n) is 9.52. The van der Waals surface area contributed by atoms with Crippen LogP contribution in [0.2, 0.25) is 0 Å². The number of benzene rings is 2. The van der Waals surface area contributed by atoms with Crippen molar-refractivity contribution < 1.29 is 19.4 Å². The quantitative estimate of drug-likeness (QED) is 0.753. The molecule has 1 aliphatic heterocycles. The van der Waals surface area contributed by atoms with E-state index in [4.69, 9.17) is 4.74 Å². The Balaban J connectivity index is 1.92. The number of amides is 1. The zero-order valence-corrected chi connectivity index (χ0v) is 16.2. The molecule has 5 heteroatoms. The van der Waals surface area contributed by atoms with Crippen molar-refractivity contribution in [1.82, 2.24) is 4.90 Å². The maximum atomic E-state index is 13.0. The molecule has 0 saturated heterocycles. The number of ether oxygens (including phenoxy) is 1. The number of aliphatic hydroxyl groups excluding tert-OH is 1. The number of nitrogens with zero attached hydrogens (tertiary/aromatic N) is 1. The van der Waals surface area contributed by atoms with Crippen LogP contribution in [0.1, 0.15) is 36.9 Å². The summed E-state index contributed by atoms with van der Waals surface area (Å²) < 4.78 is 5.30. The van der Waals surface area contributed by atoms with Gasteiger partial charge in [-0.15, -0.1) is 0 Å². The Morgan fingerprint density at radius 2 is 1.89 bits per heavy atom. The minimum Gasteiger partial charge on any atom is -0.503 e. The van der Waals surface area contributed by atoms with Crippen molar-refractivity contribution in [1.29, 1.82) is 0 Å². The van der Waals surface area contributed by atoms with Crippen LogP contribution in [0.4, 0.5) is 0 Å². The van der Waals surface area contributed by atoms with E-state index in [1.54, 1.807) is 12.0 Å². The SMILES string of the molecule is CCCN1C(=O)C(O)=C(C(=O)CCc2ccccc2)C1c1cccc(OC)c1. The van der Waals surface area contributed by atoms with Crippen LogP contribution in [0, 0.1) is 0 Å². The summed E-state index contributed by atoms with van der Waals surface area (Å²) in [6, 6.07) is 16.4. The molecule has 0 fully saturated rings. The molecule has 0 aromatic heterocycles. The predicted molar refractivity (Wildman–Crippen MR) is 107 cm³/mol. The number of ketones is 1. The number of hydrogen-bond donors (Lipinski definition) is 1. The summed E-state index contributed by atoms with van der Waals surface area (Å²) in [5.74, 6) is -0.484. The van der Waals surface area contributed by atoms with Crippen molar-refractivity contribution in [2.75, 3.05) is 13.7 Å². The van der Waals surface area contributed by atoms with Crippen LogP contribution in [0.5, 0.6) is 5.75 Å². The molecule has 5 nitrogen and oxygen atoms in total. The van der Waals surface area contributed by atoms with E-state index in [-0.39, 0.29) is 17.8 Å². The van der Waals surface area contributed by atoms with Gasteiger partial charge in [0, 0.05) is 13.0 Å². The van der Waals surface area contributed by atoms with Crippen LogP contribution < -0.4 is 4.74 Å². The average Bonchev–Trinajstić information content (AvgIpc) is 2.98. The van der Waals surface area contributed by atoms with Gasteiger partial charge in [-0.1, -0.05) is 49.4 Å². The smallest absolute Gasteiger partial charge is 0.290 e. The molecule has 1 N–H and O–H groups in total. The Bertz CT molecular complexity index is 888. The van der Waals surface area contributed by atoms with Gasteiger partial charge in [0.25, 0.3) is 5.91 Å². The zero-order valence-electron chi connectivity index (χ0n) is 16.2. The van der Waals surface area contributed by atoms with Crippen molar-refractivity contribution in [2.45, 2.75) is 32.2 Å². The first kappa shape index (κ1) is 19.7. The highest BCUT2D eigenvalue weighted by Gasteiger charge is 2.42. The molecule has 28 heavy (non-hydrogen) atoms. The monoisotopic (exact) mass is 379 g/mol. The first-order chi connectivity index (χ1) is 13.6. The maximum absolute atomic E-state index is 13.0. The summed E-state index contributed by atoms with van der Waals surface area (Å²) in [5.41, 5.74) is 1.99. The largest absolute Gasteiger partial charge is 0.503 e. The third-order valence-electron chi connectivity index (χ3n) is 4.96. The minimum absolute atomic E-state index is 0.183. The van der Waals surface area contributed by atoms with Crippen LogP contribution in [0.25, 0.3) is 0 Å². The van der Waals surface area contributed by atoms with E-state index in [0.29, 0.717) is 18.7 Å². The first-order valence-corrected chi connectivity index (χ1v) is 9.52. The molecule has 0 bridgehead atoms. The molecule has 1 amide bonds. The van der Waals surface area contributed by atoms with Gasteiger partial charge in [-0.3, -0.25) is 9.59 Å². The van der Waals surface area contributed by atoms with Gasteiger partial charge in [-0.2, -0.15) is 0 Å². The molecule has 0 aliphatic carbocycles. The van der Waals surface area contributed by atoms with E-state index in [9.17, 15) is 14.7 Å². The highest BCUT2D eigenvalue weighted by molar-refractivity contribution is 6.09. The lowest BCUT2D eigenvalue weighted by atomic mass is 9.93. The molecule has 146 valence electrons. The summed E-state index contributed by atoms with van der Waals surface area (Å²) in [4.78, 5) is 27.3. The van der Waals surface area contributed by atoms with E-state index in [1.165, 1.54) is 0 Å². The molecule has 3 rings (SSSR count). The number of methoxy groups -OCH3 is 1. The van der Waals surface area contributed by atoms with E-state index in [1.807, 2.05) is 61.5 Å². The minimum atomic E-state index is -0.592. The topological polar surface area (TPSA) is 66.8 Å². The lowest BCUT2D eigenvalue weighted by Crippen LogP contribution is -2.31. The number of aliphatic hydroxyl groups is 1. The Labute approximate surface area is 165 Å². The number of Topliss-reactive ketones (excluding diaryl/α,β-unsaturated/α-hetero) is 1. The third kappa shape index (κ3) is 3.93. The van der Waals surface area contributed by atoms with Crippen LogP contribution in [0.15, 0.2) is 65.9 Å². The molecule has 1 heterocycles. The van der Waals surface area contributed by atoms with Gasteiger partial charge in [0.2, 0.25) is 0 Å². The van der Waals surface area contributed by atoms with Gasteiger partial charge in [-0.05, 0) is 36.1 Å². The fraction of sp³-hybridized carbons (Fsp3) is 0.304. The summed E-state index contributed by atoms with van der Waals surface area (Å²) in [5, 5.41) is 10.5. The number of aryl methyl sites for hydroxylation is 1. The zero-order chi connectivity index (χ0) is 20.1. The molecule has 1 atom stereocenters. The highest BCUT2D eigenvalue weighted by Crippen LogP contribution is 2.39. The molecule has 0 saturated carbocycles. The highest BCUT2D eigenvalue weighted by atomic mass is 16.5. The van der Waals surface area contributed by atoms with Gasteiger partial charge in [0.1, 0.15) is 5.75 Å². The summed E-state index contributed by atoms with van der Waals surface area (Å²) in [6.07, 6.45) is 1.52. The van der Waals surface area contributed by atoms with Gasteiger partial charge >= 0.3 is 0 Å². The molecule has 1 unspecified atom stereocenters. The Morgan fingerprint density at radius 3 is 2.57 bits per heavy atom. The van der Waals surface area contributed by atoms with E-state index in [0.717, 1.165) is 17.5 Å². The molecule has 0 radical (unpaired) electrons. The third-order valence-corrected chi connectivity index (χ3v) is 4.96. The van der Waals surface area contributed by atoms with Crippen molar-refractivity contribution in [3.63, 3.8) is 0 Å². The van der Waals surface area contributed by atoms with Crippen LogP contribution in [-0.2, 0) is 16.0 Å². The summed E-state index contributed by atoms with van der Waals surface area (Å²) in [6.45, 7) is 2.42. The second-order valence-corrected chi connectivity index (χ2v) is 6.85. The van der Waals surface area contributed by atoms with Crippen LogP contribution in [-0.4, -0.2) is 35.4 Å². The molecule has 0 spiro atoms. The van der Waals surface area contributed by atoms with Crippen molar-refractivity contribution in [2.24, 2.45) is 0 Å². The van der Waals surface area contributed by atoms with E-state index >= 15 is 0 Å². The second-order valence-electron chi connectivity index (χ2n) is 6.85. The van der Waals surface area contributed by atoms with Gasteiger partial charge < -0.3 is 14.7 Å². The number of hydrogen-bond acceptors (Lipinski definition) is 4. The molecule has 2 aromatic rings. The Hall–Kier alpha value is -3.08. The lowest BCUT2D eigenvalue weighted by Gasteiger charge is -2.26. The number of carbonyl (C=O) groups excluding carboxylic acids is 2. The van der Waals surface area contributed by atoms with Crippen LogP contribution in [0.3, 0.4) is 0 Å². The van der Waals surface area contributed by atoms with Gasteiger partial charge in [0.05, 0.1) is 18.7 Å². The Morgan fingerprint density at radius 1 is 1.14 bits per heavy atom. The van der Waals surface area contributed by atoms with E-state index in [2.05, 4.69) is 0 Å². The maximum Gasteiger partial charge on any atom is 0.290 e. The fourth-order valence-corrected chi connectivity index (χ4v) is 3.61. The van der Waals surface area contributed by atoms with Crippen molar-refractivity contribution in [3.05, 3.63) is 77.1 Å². The predicted octanol–water partition coefficient (Wildman–Crippen LogP) is 4.00. The number of carbonyl (C=O) groups is 2. The van der Waals surface area contributed by atoms with Gasteiger partial charge in [0.15, 0.2) is 11.5 Å². The number of rotatable bonds is 8. The molecular weight excluding hydrogens is 354 g/mol. The molecule has 2 aromatic carbocycles. The molecular formula is C23H25NO4. The standard InChI is InChI=1S/C23H25NO4/c1-3-14-24-21(17-10-7-11-18(15-17)28-2)20(22(26)23(24)27)19(25)13-12-16-8-5-4-6-9-16/h4-11,15,21,26H,3,12-14H2,1-2H3. The molecule has 1 aliphatic rings. The lowest BCUT2D eigenvalue weighted by molar-refractivity contribution is -0.129. The van der Waals surface area contributed by atoms with Crippen molar-refractivity contribution in [3.8, 4) is 5.75 Å². The summed E-state index contributed by atoms with van der Waals surface area (Å²) >= 11 is 0. The van der Waals surface area contributed by atoms with E-state index < -0.39 is 17.7 Å². The average molecular weight is 379 g/mol. The van der Waals surface area contributed by atoms with Crippen LogP contribution >= 0.6 is 0 Å². The van der Waals surface area contributed by atoms with Gasteiger partial charge in [-0.25, -0.2) is 0 Å².